The van der Waals surface area contributed by atoms with Gasteiger partial charge in [0, 0.05) is 28.5 Å². The molecule has 0 aliphatic carbocycles. The van der Waals surface area contributed by atoms with Gasteiger partial charge in [0.05, 0.1) is 0 Å². The quantitative estimate of drug-likeness (QED) is 0.644. The number of nitrogens with one attached hydrogen (secondary N) is 2. The van der Waals surface area contributed by atoms with Gasteiger partial charge >= 0.3 is 0 Å². The summed E-state index contributed by atoms with van der Waals surface area (Å²) in [5.41, 5.74) is 2.64. The van der Waals surface area contributed by atoms with Crippen LogP contribution in [0.1, 0.15) is 11.1 Å². The molecule has 24 heavy (non-hydrogen) atoms. The van der Waals surface area contributed by atoms with Crippen molar-refractivity contribution in [2.24, 2.45) is 0 Å². The number of hydrogen-bond donors (Lipinski definition) is 2. The van der Waals surface area contributed by atoms with Crippen molar-refractivity contribution in [3.8, 4) is 0 Å². The second-order valence-electron chi connectivity index (χ2n) is 5.30. The van der Waals surface area contributed by atoms with E-state index in [2.05, 4.69) is 36.5 Å². The van der Waals surface area contributed by atoms with Gasteiger partial charge in [-0.25, -0.2) is 9.37 Å². The third-order valence-corrected chi connectivity index (χ3v) is 4.37. The fourth-order valence-corrected chi connectivity index (χ4v) is 2.45. The molecule has 0 bridgehead atoms. The van der Waals surface area contributed by atoms with E-state index in [1.54, 1.807) is 30.5 Å². The van der Waals surface area contributed by atoms with Crippen LogP contribution in [-0.2, 0) is 6.54 Å². The van der Waals surface area contributed by atoms with Crippen molar-refractivity contribution in [3.05, 3.63) is 76.1 Å². The summed E-state index contributed by atoms with van der Waals surface area (Å²) < 4.78 is 14.7. The van der Waals surface area contributed by atoms with E-state index in [4.69, 9.17) is 0 Å². The van der Waals surface area contributed by atoms with Gasteiger partial charge in [-0.05, 0) is 42.8 Å². The molecule has 1 heterocycles. The van der Waals surface area contributed by atoms with Crippen molar-refractivity contribution in [1.29, 1.82) is 0 Å². The number of nitrogens with zero attached hydrogens (tertiary/aromatic N) is 2. The first-order valence-corrected chi connectivity index (χ1v) is 8.24. The number of benzene rings is 2. The van der Waals surface area contributed by atoms with Crippen molar-refractivity contribution >= 4 is 33.4 Å². The molecule has 0 spiro atoms. The molecule has 2 aromatic carbocycles. The lowest BCUT2D eigenvalue weighted by Gasteiger charge is -2.10. The van der Waals surface area contributed by atoms with Crippen molar-refractivity contribution in [3.63, 3.8) is 0 Å². The highest BCUT2D eigenvalue weighted by molar-refractivity contribution is 9.10. The smallest absolute Gasteiger partial charge is 0.224 e. The van der Waals surface area contributed by atoms with Crippen molar-refractivity contribution < 1.29 is 4.39 Å². The Labute approximate surface area is 148 Å². The highest BCUT2D eigenvalue weighted by Gasteiger charge is 2.04. The Morgan fingerprint density at radius 2 is 1.96 bits per heavy atom. The van der Waals surface area contributed by atoms with Gasteiger partial charge in [0.1, 0.15) is 11.6 Å². The minimum Gasteiger partial charge on any atom is -0.350 e. The zero-order chi connectivity index (χ0) is 16.9. The van der Waals surface area contributed by atoms with Crippen LogP contribution in [0.25, 0.3) is 0 Å². The van der Waals surface area contributed by atoms with E-state index < -0.39 is 0 Å². The number of halogens is 2. The summed E-state index contributed by atoms with van der Waals surface area (Å²) in [6.07, 6.45) is 1.66. The monoisotopic (exact) mass is 386 g/mol. The molecule has 3 aromatic rings. The van der Waals surface area contributed by atoms with Crippen LogP contribution in [0.15, 0.2) is 59.2 Å². The lowest BCUT2D eigenvalue weighted by Crippen LogP contribution is -2.06. The maximum absolute atomic E-state index is 13.6. The molecule has 2 N–H and O–H groups in total. The first-order chi connectivity index (χ1) is 11.6. The minimum atomic E-state index is -0.246. The third-order valence-electron chi connectivity index (χ3n) is 3.48. The van der Waals surface area contributed by atoms with E-state index in [0.29, 0.717) is 23.9 Å². The lowest BCUT2D eigenvalue weighted by atomic mass is 10.2. The van der Waals surface area contributed by atoms with E-state index >= 15 is 0 Å². The topological polar surface area (TPSA) is 49.8 Å². The van der Waals surface area contributed by atoms with Gasteiger partial charge in [-0.1, -0.05) is 34.1 Å². The molecule has 4 nitrogen and oxygen atoms in total. The molecule has 1 aromatic heterocycles. The van der Waals surface area contributed by atoms with Crippen LogP contribution in [0.5, 0.6) is 0 Å². The van der Waals surface area contributed by atoms with Gasteiger partial charge in [0.2, 0.25) is 5.95 Å². The third kappa shape index (κ3) is 4.08. The van der Waals surface area contributed by atoms with E-state index in [0.717, 1.165) is 15.7 Å². The number of anilines is 3. The molecule has 0 aliphatic heterocycles. The Kier molecular flexibility index (Phi) is 5.05. The van der Waals surface area contributed by atoms with Crippen LogP contribution < -0.4 is 10.6 Å². The van der Waals surface area contributed by atoms with Gasteiger partial charge in [0.25, 0.3) is 0 Å². The molecule has 0 unspecified atom stereocenters. The average Bonchev–Trinajstić information content (AvgIpc) is 2.58. The molecule has 0 fully saturated rings. The fraction of sp³-hybridized carbons (Fsp3) is 0.111. The number of aryl methyl sites for hydroxylation is 1. The minimum absolute atomic E-state index is 0.246. The van der Waals surface area contributed by atoms with Gasteiger partial charge in [-0.2, -0.15) is 4.98 Å². The second-order valence-corrected chi connectivity index (χ2v) is 6.15. The fourth-order valence-electron chi connectivity index (χ4n) is 2.20. The predicted molar refractivity (Wildman–Crippen MR) is 97.9 cm³/mol. The highest BCUT2D eigenvalue weighted by Crippen LogP contribution is 2.22. The summed E-state index contributed by atoms with van der Waals surface area (Å²) in [5.74, 6) is 0.865. The number of aromatic nitrogens is 2. The maximum atomic E-state index is 13.6. The standard InChI is InChI=1S/C18H16BrFN4/c1-12-10-14(6-7-15(12)19)23-17-8-9-21-18(24-17)22-11-13-4-2-3-5-16(13)20/h2-10H,11H2,1H3,(H2,21,22,23,24). The zero-order valence-electron chi connectivity index (χ0n) is 13.1. The Morgan fingerprint density at radius 3 is 2.75 bits per heavy atom. The molecule has 0 aliphatic rings. The van der Waals surface area contributed by atoms with Gasteiger partial charge in [0.15, 0.2) is 0 Å². The average molecular weight is 387 g/mol. The van der Waals surface area contributed by atoms with Gasteiger partial charge in [-0.15, -0.1) is 0 Å². The van der Waals surface area contributed by atoms with Crippen LogP contribution in [0.4, 0.5) is 21.8 Å². The molecule has 0 amide bonds. The first-order valence-electron chi connectivity index (χ1n) is 7.45. The van der Waals surface area contributed by atoms with Crippen LogP contribution in [0.3, 0.4) is 0 Å². The summed E-state index contributed by atoms with van der Waals surface area (Å²) in [4.78, 5) is 8.56. The van der Waals surface area contributed by atoms with E-state index in [-0.39, 0.29) is 5.82 Å². The normalized spacial score (nSPS) is 10.5. The van der Waals surface area contributed by atoms with Crippen LogP contribution in [-0.4, -0.2) is 9.97 Å². The van der Waals surface area contributed by atoms with E-state index in [9.17, 15) is 4.39 Å². The predicted octanol–water partition coefficient (Wildman–Crippen LogP) is 5.04. The lowest BCUT2D eigenvalue weighted by molar-refractivity contribution is 0.612. The summed E-state index contributed by atoms with van der Waals surface area (Å²) in [6.45, 7) is 2.35. The van der Waals surface area contributed by atoms with E-state index in [1.165, 1.54) is 6.07 Å². The largest absolute Gasteiger partial charge is 0.350 e. The summed E-state index contributed by atoms with van der Waals surface area (Å²) >= 11 is 3.48. The number of hydrogen-bond acceptors (Lipinski definition) is 4. The first kappa shape index (κ1) is 16.4. The summed E-state index contributed by atoms with van der Waals surface area (Å²) in [7, 11) is 0. The molecule has 122 valence electrons. The molecular formula is C18H16BrFN4. The SMILES string of the molecule is Cc1cc(Nc2ccnc(NCc3ccccc3F)n2)ccc1Br. The second kappa shape index (κ2) is 7.40. The molecule has 0 saturated heterocycles. The van der Waals surface area contributed by atoms with Gasteiger partial charge < -0.3 is 10.6 Å². The van der Waals surface area contributed by atoms with Crippen LogP contribution in [0.2, 0.25) is 0 Å². The molecule has 0 saturated carbocycles. The summed E-state index contributed by atoms with van der Waals surface area (Å²) in [6, 6.07) is 14.4. The van der Waals surface area contributed by atoms with Crippen molar-refractivity contribution in [2.75, 3.05) is 10.6 Å². The molecule has 3 rings (SSSR count). The van der Waals surface area contributed by atoms with Crippen molar-refractivity contribution in [2.45, 2.75) is 13.5 Å². The maximum Gasteiger partial charge on any atom is 0.224 e. The van der Waals surface area contributed by atoms with Crippen molar-refractivity contribution in [1.82, 2.24) is 9.97 Å². The van der Waals surface area contributed by atoms with Crippen LogP contribution >= 0.6 is 15.9 Å². The molecular weight excluding hydrogens is 371 g/mol. The molecule has 6 heteroatoms. The summed E-state index contributed by atoms with van der Waals surface area (Å²) in [5, 5.41) is 6.27. The van der Waals surface area contributed by atoms with E-state index in [1.807, 2.05) is 25.1 Å². The Hall–Kier alpha value is -2.47. The zero-order valence-corrected chi connectivity index (χ0v) is 14.6. The molecule has 0 radical (unpaired) electrons. The highest BCUT2D eigenvalue weighted by atomic mass is 79.9. The number of rotatable bonds is 5. The molecule has 0 atom stereocenters. The Morgan fingerprint density at radius 1 is 1.12 bits per heavy atom. The Balaban J connectivity index is 1.69. The van der Waals surface area contributed by atoms with Crippen LogP contribution in [0, 0.1) is 12.7 Å². The Bertz CT molecular complexity index is 854. The van der Waals surface area contributed by atoms with Gasteiger partial charge in [-0.3, -0.25) is 0 Å².